The standard InChI is InChI=1S/C13H14BrNOS/c1-2-16-11-6-4-3-5-10(11)13(15)9-7-12(14)17-8-9/h3-8,13H,2,15H2,1H3. The largest absolute Gasteiger partial charge is 0.494 e. The van der Waals surface area contributed by atoms with Crippen LogP contribution in [0.3, 0.4) is 0 Å². The topological polar surface area (TPSA) is 35.2 Å². The molecule has 0 radical (unpaired) electrons. The Morgan fingerprint density at radius 2 is 2.18 bits per heavy atom. The summed E-state index contributed by atoms with van der Waals surface area (Å²) in [5.74, 6) is 0.866. The molecule has 1 aromatic heterocycles. The molecule has 1 atom stereocenters. The maximum Gasteiger partial charge on any atom is 0.124 e. The Balaban J connectivity index is 2.33. The Labute approximate surface area is 114 Å². The Bertz CT molecular complexity index is 498. The second kappa shape index (κ2) is 5.67. The van der Waals surface area contributed by atoms with Gasteiger partial charge in [-0.1, -0.05) is 18.2 Å². The van der Waals surface area contributed by atoms with Crippen LogP contribution in [0.2, 0.25) is 0 Å². The molecule has 1 heterocycles. The summed E-state index contributed by atoms with van der Waals surface area (Å²) in [5, 5.41) is 2.07. The summed E-state index contributed by atoms with van der Waals surface area (Å²) >= 11 is 5.10. The van der Waals surface area contributed by atoms with Crippen molar-refractivity contribution in [3.05, 3.63) is 50.6 Å². The number of nitrogens with two attached hydrogens (primary N) is 1. The molecule has 17 heavy (non-hydrogen) atoms. The first kappa shape index (κ1) is 12.6. The van der Waals surface area contributed by atoms with Crippen LogP contribution in [0.4, 0.5) is 0 Å². The molecule has 4 heteroatoms. The van der Waals surface area contributed by atoms with Gasteiger partial charge >= 0.3 is 0 Å². The minimum atomic E-state index is -0.139. The van der Waals surface area contributed by atoms with E-state index in [1.54, 1.807) is 11.3 Å². The molecule has 2 rings (SSSR count). The first-order valence-electron chi connectivity index (χ1n) is 5.43. The maximum atomic E-state index is 6.27. The number of ether oxygens (including phenoxy) is 1. The van der Waals surface area contributed by atoms with Gasteiger partial charge in [-0.15, -0.1) is 11.3 Å². The fourth-order valence-electron chi connectivity index (χ4n) is 1.69. The van der Waals surface area contributed by atoms with Crippen LogP contribution in [0.5, 0.6) is 5.75 Å². The smallest absolute Gasteiger partial charge is 0.124 e. The number of rotatable bonds is 4. The number of benzene rings is 1. The molecule has 0 aliphatic rings. The molecule has 0 aliphatic heterocycles. The highest BCUT2D eigenvalue weighted by atomic mass is 79.9. The lowest BCUT2D eigenvalue weighted by atomic mass is 10.0. The van der Waals surface area contributed by atoms with Gasteiger partial charge in [0.1, 0.15) is 5.75 Å². The van der Waals surface area contributed by atoms with Crippen LogP contribution in [0.15, 0.2) is 39.5 Å². The van der Waals surface area contributed by atoms with Crippen molar-refractivity contribution in [1.82, 2.24) is 0 Å². The number of hydrogen-bond acceptors (Lipinski definition) is 3. The average molecular weight is 312 g/mol. The molecular formula is C13H14BrNOS. The number of thiophene rings is 1. The van der Waals surface area contributed by atoms with E-state index in [4.69, 9.17) is 10.5 Å². The zero-order valence-corrected chi connectivity index (χ0v) is 11.9. The van der Waals surface area contributed by atoms with Crippen molar-refractivity contribution in [1.29, 1.82) is 0 Å². The Morgan fingerprint density at radius 1 is 1.41 bits per heavy atom. The van der Waals surface area contributed by atoms with Crippen LogP contribution < -0.4 is 10.5 Å². The molecule has 0 spiro atoms. The predicted octanol–water partition coefficient (Wildman–Crippen LogP) is 3.96. The molecule has 2 nitrogen and oxygen atoms in total. The van der Waals surface area contributed by atoms with E-state index >= 15 is 0 Å². The highest BCUT2D eigenvalue weighted by molar-refractivity contribution is 9.11. The van der Waals surface area contributed by atoms with Crippen LogP contribution >= 0.6 is 27.3 Å². The monoisotopic (exact) mass is 311 g/mol. The second-order valence-corrected chi connectivity index (χ2v) is 5.92. The number of para-hydroxylation sites is 1. The molecule has 2 aromatic rings. The Hall–Kier alpha value is -0.840. The van der Waals surface area contributed by atoms with Crippen LogP contribution in [0.1, 0.15) is 24.1 Å². The van der Waals surface area contributed by atoms with Crippen molar-refractivity contribution in [3.63, 3.8) is 0 Å². The van der Waals surface area contributed by atoms with Crippen LogP contribution in [0, 0.1) is 0 Å². The van der Waals surface area contributed by atoms with E-state index in [2.05, 4.69) is 27.4 Å². The molecule has 0 aliphatic carbocycles. The second-order valence-electron chi connectivity index (χ2n) is 3.63. The summed E-state index contributed by atoms with van der Waals surface area (Å²) < 4.78 is 6.69. The van der Waals surface area contributed by atoms with Gasteiger partial charge in [-0.3, -0.25) is 0 Å². The van der Waals surface area contributed by atoms with E-state index < -0.39 is 0 Å². The van der Waals surface area contributed by atoms with Gasteiger partial charge in [-0.2, -0.15) is 0 Å². The third kappa shape index (κ3) is 2.89. The van der Waals surface area contributed by atoms with Gasteiger partial charge in [-0.25, -0.2) is 0 Å². The third-order valence-corrected chi connectivity index (χ3v) is 4.02. The van der Waals surface area contributed by atoms with Gasteiger partial charge in [0.2, 0.25) is 0 Å². The van der Waals surface area contributed by atoms with E-state index in [1.165, 1.54) is 0 Å². The van der Waals surface area contributed by atoms with Crippen LogP contribution in [-0.4, -0.2) is 6.61 Å². The van der Waals surface area contributed by atoms with Gasteiger partial charge in [-0.05, 0) is 45.9 Å². The molecule has 0 saturated heterocycles. The number of halogens is 1. The first-order chi connectivity index (χ1) is 8.22. The van der Waals surface area contributed by atoms with Crippen molar-refractivity contribution >= 4 is 27.3 Å². The first-order valence-corrected chi connectivity index (χ1v) is 7.11. The van der Waals surface area contributed by atoms with Gasteiger partial charge < -0.3 is 10.5 Å². The summed E-state index contributed by atoms with van der Waals surface area (Å²) in [6, 6.07) is 9.84. The minimum absolute atomic E-state index is 0.139. The van der Waals surface area contributed by atoms with Crippen molar-refractivity contribution < 1.29 is 4.74 Å². The van der Waals surface area contributed by atoms with E-state index in [9.17, 15) is 0 Å². The van der Waals surface area contributed by atoms with Crippen molar-refractivity contribution in [3.8, 4) is 5.75 Å². The van der Waals surface area contributed by atoms with E-state index in [-0.39, 0.29) is 6.04 Å². The maximum absolute atomic E-state index is 6.27. The van der Waals surface area contributed by atoms with E-state index in [0.717, 1.165) is 20.7 Å². The summed E-state index contributed by atoms with van der Waals surface area (Å²) in [6.07, 6.45) is 0. The highest BCUT2D eigenvalue weighted by Crippen LogP contribution is 2.32. The van der Waals surface area contributed by atoms with Crippen molar-refractivity contribution in [2.45, 2.75) is 13.0 Å². The molecular weight excluding hydrogens is 298 g/mol. The fourth-order valence-corrected chi connectivity index (χ4v) is 2.90. The summed E-state index contributed by atoms with van der Waals surface area (Å²) in [7, 11) is 0. The predicted molar refractivity (Wildman–Crippen MR) is 75.7 cm³/mol. The molecule has 0 bridgehead atoms. The lowest BCUT2D eigenvalue weighted by molar-refractivity contribution is 0.335. The zero-order valence-electron chi connectivity index (χ0n) is 9.52. The van der Waals surface area contributed by atoms with Crippen molar-refractivity contribution in [2.75, 3.05) is 6.61 Å². The quantitative estimate of drug-likeness (QED) is 0.927. The molecule has 2 N–H and O–H groups in total. The lowest BCUT2D eigenvalue weighted by Crippen LogP contribution is -2.12. The van der Waals surface area contributed by atoms with Crippen LogP contribution in [-0.2, 0) is 0 Å². The Morgan fingerprint density at radius 3 is 2.82 bits per heavy atom. The van der Waals surface area contributed by atoms with Gasteiger partial charge in [0.05, 0.1) is 16.4 Å². The zero-order chi connectivity index (χ0) is 12.3. The average Bonchev–Trinajstić information content (AvgIpc) is 2.76. The fraction of sp³-hybridized carbons (Fsp3) is 0.231. The van der Waals surface area contributed by atoms with Crippen molar-refractivity contribution in [2.24, 2.45) is 5.73 Å². The molecule has 0 amide bonds. The summed E-state index contributed by atoms with van der Waals surface area (Å²) in [6.45, 7) is 2.63. The molecule has 0 fully saturated rings. The van der Waals surface area contributed by atoms with Crippen LogP contribution in [0.25, 0.3) is 0 Å². The molecule has 1 unspecified atom stereocenters. The normalized spacial score (nSPS) is 12.4. The molecule has 1 aromatic carbocycles. The van der Waals surface area contributed by atoms with Gasteiger partial charge in [0.15, 0.2) is 0 Å². The SMILES string of the molecule is CCOc1ccccc1C(N)c1csc(Br)c1. The molecule has 0 saturated carbocycles. The van der Waals surface area contributed by atoms with Gasteiger partial charge in [0.25, 0.3) is 0 Å². The Kier molecular flexibility index (Phi) is 4.20. The van der Waals surface area contributed by atoms with Gasteiger partial charge in [0, 0.05) is 5.56 Å². The van der Waals surface area contributed by atoms with E-state index in [0.29, 0.717) is 6.61 Å². The summed E-state index contributed by atoms with van der Waals surface area (Å²) in [5.41, 5.74) is 8.40. The summed E-state index contributed by atoms with van der Waals surface area (Å²) in [4.78, 5) is 0. The molecule has 90 valence electrons. The highest BCUT2D eigenvalue weighted by Gasteiger charge is 2.14. The lowest BCUT2D eigenvalue weighted by Gasteiger charge is -2.15. The minimum Gasteiger partial charge on any atom is -0.494 e. The number of hydrogen-bond donors (Lipinski definition) is 1. The third-order valence-electron chi connectivity index (χ3n) is 2.50. The van der Waals surface area contributed by atoms with E-state index in [1.807, 2.05) is 31.2 Å².